The number of nitrogens with one attached hydrogen (secondary N) is 1. The van der Waals surface area contributed by atoms with Crippen LogP contribution in [-0.4, -0.2) is 6.54 Å². The molecule has 1 unspecified atom stereocenters. The van der Waals surface area contributed by atoms with Crippen LogP contribution in [0, 0.1) is 11.7 Å². The van der Waals surface area contributed by atoms with Gasteiger partial charge in [0.1, 0.15) is 5.82 Å². The van der Waals surface area contributed by atoms with Crippen LogP contribution in [0.1, 0.15) is 50.8 Å². The average molecular weight is 291 g/mol. The van der Waals surface area contributed by atoms with E-state index in [0.717, 1.165) is 12.5 Å². The molecule has 0 aliphatic heterocycles. The van der Waals surface area contributed by atoms with E-state index in [9.17, 15) is 17.6 Å². The van der Waals surface area contributed by atoms with Gasteiger partial charge in [-0.3, -0.25) is 0 Å². The first kappa shape index (κ1) is 17.0. The number of benzene rings is 1. The minimum Gasteiger partial charge on any atom is -0.310 e. The van der Waals surface area contributed by atoms with Crippen LogP contribution in [0.5, 0.6) is 0 Å². The van der Waals surface area contributed by atoms with Crippen molar-refractivity contribution in [3.8, 4) is 0 Å². The van der Waals surface area contributed by atoms with Crippen molar-refractivity contribution in [1.29, 1.82) is 0 Å². The standard InChI is InChI=1S/C15H21F4N/c1-4-20-13(9-8-10(2)3)11-6-5-7-12(14(11)16)15(17,18)19/h5-7,10,13,20H,4,8-9H2,1-3H3. The second-order valence-electron chi connectivity index (χ2n) is 5.29. The predicted molar refractivity (Wildman–Crippen MR) is 71.9 cm³/mol. The van der Waals surface area contributed by atoms with E-state index in [0.29, 0.717) is 18.9 Å². The highest BCUT2D eigenvalue weighted by Gasteiger charge is 2.35. The number of hydrogen-bond acceptors (Lipinski definition) is 1. The van der Waals surface area contributed by atoms with Crippen molar-refractivity contribution in [2.45, 2.75) is 45.8 Å². The molecule has 1 atom stereocenters. The van der Waals surface area contributed by atoms with Gasteiger partial charge >= 0.3 is 6.18 Å². The lowest BCUT2D eigenvalue weighted by atomic mass is 9.95. The van der Waals surface area contributed by atoms with Crippen molar-refractivity contribution in [1.82, 2.24) is 5.32 Å². The van der Waals surface area contributed by atoms with E-state index in [4.69, 9.17) is 0 Å². The molecule has 114 valence electrons. The Labute approximate surface area is 117 Å². The van der Waals surface area contributed by atoms with Gasteiger partial charge < -0.3 is 5.32 Å². The van der Waals surface area contributed by atoms with Crippen molar-refractivity contribution in [3.05, 3.63) is 35.1 Å². The van der Waals surface area contributed by atoms with Gasteiger partial charge in [0, 0.05) is 11.6 Å². The van der Waals surface area contributed by atoms with Crippen LogP contribution in [-0.2, 0) is 6.18 Å². The third-order valence-corrected chi connectivity index (χ3v) is 3.19. The van der Waals surface area contributed by atoms with Crippen molar-refractivity contribution < 1.29 is 17.6 Å². The summed E-state index contributed by atoms with van der Waals surface area (Å²) in [4.78, 5) is 0. The second kappa shape index (κ2) is 7.07. The maximum atomic E-state index is 14.1. The molecule has 20 heavy (non-hydrogen) atoms. The van der Waals surface area contributed by atoms with Crippen LogP contribution >= 0.6 is 0 Å². The number of alkyl halides is 3. The van der Waals surface area contributed by atoms with E-state index < -0.39 is 17.6 Å². The minimum absolute atomic E-state index is 0.0994. The summed E-state index contributed by atoms with van der Waals surface area (Å²) in [5, 5.41) is 3.07. The molecule has 5 heteroatoms. The zero-order valence-corrected chi connectivity index (χ0v) is 12.0. The molecule has 0 saturated heterocycles. The summed E-state index contributed by atoms with van der Waals surface area (Å²) < 4.78 is 52.3. The predicted octanol–water partition coefficient (Wildman–Crippen LogP) is 4.93. The Balaban J connectivity index is 3.07. The van der Waals surface area contributed by atoms with Gasteiger partial charge in [0.2, 0.25) is 0 Å². The highest BCUT2D eigenvalue weighted by atomic mass is 19.4. The first-order valence-electron chi connectivity index (χ1n) is 6.86. The largest absolute Gasteiger partial charge is 0.419 e. The van der Waals surface area contributed by atoms with E-state index in [-0.39, 0.29) is 11.6 Å². The molecule has 0 radical (unpaired) electrons. The van der Waals surface area contributed by atoms with E-state index in [2.05, 4.69) is 5.32 Å². The zero-order chi connectivity index (χ0) is 15.3. The third kappa shape index (κ3) is 4.47. The molecule has 1 nitrogen and oxygen atoms in total. The maximum absolute atomic E-state index is 14.1. The first-order chi connectivity index (χ1) is 9.27. The lowest BCUT2D eigenvalue weighted by Gasteiger charge is -2.21. The van der Waals surface area contributed by atoms with Crippen molar-refractivity contribution in [2.75, 3.05) is 6.54 Å². The number of halogens is 4. The molecule has 0 aliphatic carbocycles. The van der Waals surface area contributed by atoms with Crippen molar-refractivity contribution in [3.63, 3.8) is 0 Å². The fourth-order valence-corrected chi connectivity index (χ4v) is 2.15. The van der Waals surface area contributed by atoms with Crippen LogP contribution in [0.4, 0.5) is 17.6 Å². The van der Waals surface area contributed by atoms with Gasteiger partial charge in [0.25, 0.3) is 0 Å². The summed E-state index contributed by atoms with van der Waals surface area (Å²) in [6.45, 7) is 6.50. The third-order valence-electron chi connectivity index (χ3n) is 3.19. The van der Waals surface area contributed by atoms with E-state index >= 15 is 0 Å². The van der Waals surface area contributed by atoms with Gasteiger partial charge in [0.05, 0.1) is 5.56 Å². The molecule has 1 aromatic carbocycles. The summed E-state index contributed by atoms with van der Waals surface area (Å²) in [5.74, 6) is -0.736. The molecule has 0 aromatic heterocycles. The lowest BCUT2D eigenvalue weighted by molar-refractivity contribution is -0.140. The molecule has 0 spiro atoms. The fraction of sp³-hybridized carbons (Fsp3) is 0.600. The molecular weight excluding hydrogens is 270 g/mol. The van der Waals surface area contributed by atoms with Crippen molar-refractivity contribution in [2.24, 2.45) is 5.92 Å². The topological polar surface area (TPSA) is 12.0 Å². The molecule has 0 amide bonds. The maximum Gasteiger partial charge on any atom is 0.419 e. The molecule has 0 saturated carbocycles. The zero-order valence-electron chi connectivity index (χ0n) is 12.0. The summed E-state index contributed by atoms with van der Waals surface area (Å²) in [6, 6.07) is 3.09. The Bertz CT molecular complexity index is 426. The molecule has 1 N–H and O–H groups in total. The average Bonchev–Trinajstić information content (AvgIpc) is 2.33. The van der Waals surface area contributed by atoms with Crippen LogP contribution in [0.25, 0.3) is 0 Å². The van der Waals surface area contributed by atoms with E-state index in [1.807, 2.05) is 20.8 Å². The minimum atomic E-state index is -4.66. The Morgan fingerprint density at radius 3 is 2.30 bits per heavy atom. The summed E-state index contributed by atoms with van der Waals surface area (Å²) in [6.07, 6.45) is -3.22. The number of rotatable bonds is 6. The fourth-order valence-electron chi connectivity index (χ4n) is 2.15. The Morgan fingerprint density at radius 1 is 1.15 bits per heavy atom. The van der Waals surface area contributed by atoms with Crippen LogP contribution < -0.4 is 5.32 Å². The first-order valence-corrected chi connectivity index (χ1v) is 6.86. The lowest BCUT2D eigenvalue weighted by Crippen LogP contribution is -2.23. The SMILES string of the molecule is CCNC(CCC(C)C)c1cccc(C(F)(F)F)c1F. The highest BCUT2D eigenvalue weighted by Crippen LogP contribution is 2.34. The Morgan fingerprint density at radius 2 is 1.80 bits per heavy atom. The Kier molecular flexibility index (Phi) is 5.99. The van der Waals surface area contributed by atoms with Gasteiger partial charge in [-0.1, -0.05) is 32.9 Å². The normalized spacial score (nSPS) is 13.8. The molecule has 1 aromatic rings. The number of hydrogen-bond donors (Lipinski definition) is 1. The van der Waals surface area contributed by atoms with Crippen LogP contribution in [0.15, 0.2) is 18.2 Å². The van der Waals surface area contributed by atoms with E-state index in [1.165, 1.54) is 12.1 Å². The molecule has 0 fully saturated rings. The Hall–Kier alpha value is -1.10. The van der Waals surface area contributed by atoms with Gasteiger partial charge in [0.15, 0.2) is 0 Å². The van der Waals surface area contributed by atoms with Gasteiger partial charge in [-0.2, -0.15) is 13.2 Å². The van der Waals surface area contributed by atoms with Crippen molar-refractivity contribution >= 4 is 0 Å². The summed E-state index contributed by atoms with van der Waals surface area (Å²) in [5.41, 5.74) is -1.09. The second-order valence-corrected chi connectivity index (χ2v) is 5.29. The smallest absolute Gasteiger partial charge is 0.310 e. The molecule has 0 heterocycles. The summed E-state index contributed by atoms with van der Waals surface area (Å²) >= 11 is 0. The van der Waals surface area contributed by atoms with Crippen LogP contribution in [0.2, 0.25) is 0 Å². The highest BCUT2D eigenvalue weighted by molar-refractivity contribution is 5.30. The van der Waals surface area contributed by atoms with Gasteiger partial charge in [-0.25, -0.2) is 4.39 Å². The van der Waals surface area contributed by atoms with E-state index in [1.54, 1.807) is 0 Å². The van der Waals surface area contributed by atoms with Gasteiger partial charge in [-0.05, 0) is 31.4 Å². The molecule has 0 aliphatic rings. The molecular formula is C15H21F4N. The molecule has 1 rings (SSSR count). The monoisotopic (exact) mass is 291 g/mol. The van der Waals surface area contributed by atoms with Gasteiger partial charge in [-0.15, -0.1) is 0 Å². The summed E-state index contributed by atoms with van der Waals surface area (Å²) in [7, 11) is 0. The van der Waals surface area contributed by atoms with Crippen LogP contribution in [0.3, 0.4) is 0 Å². The quantitative estimate of drug-likeness (QED) is 0.733. The molecule has 0 bridgehead atoms.